The SMILES string of the molecule is CN=C(NCc1nc(C)c(C)s1)NCc1nccn1C. The summed E-state index contributed by atoms with van der Waals surface area (Å²) in [6.07, 6.45) is 3.71. The van der Waals surface area contributed by atoms with Crippen LogP contribution in [0.4, 0.5) is 0 Å². The van der Waals surface area contributed by atoms with Gasteiger partial charge in [0.1, 0.15) is 10.8 Å². The Morgan fingerprint density at radius 3 is 2.65 bits per heavy atom. The predicted molar refractivity (Wildman–Crippen MR) is 81.8 cm³/mol. The normalized spacial score (nSPS) is 11.7. The van der Waals surface area contributed by atoms with Crippen molar-refractivity contribution in [2.45, 2.75) is 26.9 Å². The molecular formula is C13H20N6S. The number of hydrogen-bond donors (Lipinski definition) is 2. The molecule has 0 aliphatic heterocycles. The maximum atomic E-state index is 4.50. The number of nitrogens with zero attached hydrogens (tertiary/aromatic N) is 4. The molecule has 0 spiro atoms. The van der Waals surface area contributed by atoms with Crippen LogP contribution in [0.15, 0.2) is 17.4 Å². The summed E-state index contributed by atoms with van der Waals surface area (Å²) < 4.78 is 1.98. The fraction of sp³-hybridized carbons (Fsp3) is 0.462. The lowest BCUT2D eigenvalue weighted by atomic mass is 10.4. The van der Waals surface area contributed by atoms with Crippen molar-refractivity contribution in [3.63, 3.8) is 0 Å². The fourth-order valence-corrected chi connectivity index (χ4v) is 2.60. The minimum Gasteiger partial charge on any atom is -0.350 e. The van der Waals surface area contributed by atoms with Gasteiger partial charge in [0.05, 0.1) is 18.8 Å². The monoisotopic (exact) mass is 292 g/mol. The summed E-state index contributed by atoms with van der Waals surface area (Å²) >= 11 is 1.71. The maximum Gasteiger partial charge on any atom is 0.191 e. The molecule has 0 fully saturated rings. The van der Waals surface area contributed by atoms with Crippen LogP contribution in [0.3, 0.4) is 0 Å². The van der Waals surface area contributed by atoms with Gasteiger partial charge in [-0.05, 0) is 13.8 Å². The predicted octanol–water partition coefficient (Wildman–Crippen LogP) is 1.36. The molecule has 0 aliphatic carbocycles. The van der Waals surface area contributed by atoms with E-state index in [2.05, 4.69) is 32.5 Å². The maximum absolute atomic E-state index is 4.50. The topological polar surface area (TPSA) is 67.1 Å². The molecule has 2 heterocycles. The molecule has 20 heavy (non-hydrogen) atoms. The molecule has 7 heteroatoms. The molecule has 6 nitrogen and oxygen atoms in total. The van der Waals surface area contributed by atoms with Crippen LogP contribution in [0.5, 0.6) is 0 Å². The van der Waals surface area contributed by atoms with Crippen LogP contribution in [0, 0.1) is 13.8 Å². The molecule has 108 valence electrons. The van der Waals surface area contributed by atoms with E-state index in [-0.39, 0.29) is 0 Å². The second-order valence-corrected chi connectivity index (χ2v) is 5.77. The van der Waals surface area contributed by atoms with Crippen LogP contribution >= 0.6 is 11.3 Å². The zero-order chi connectivity index (χ0) is 14.5. The summed E-state index contributed by atoms with van der Waals surface area (Å²) in [7, 11) is 3.73. The molecule has 2 aromatic rings. The van der Waals surface area contributed by atoms with Gasteiger partial charge in [0.2, 0.25) is 0 Å². The molecule has 0 saturated heterocycles. The van der Waals surface area contributed by atoms with E-state index in [9.17, 15) is 0 Å². The summed E-state index contributed by atoms with van der Waals surface area (Å²) in [6.45, 7) is 5.44. The molecule has 0 saturated carbocycles. The van der Waals surface area contributed by atoms with E-state index in [1.807, 2.05) is 24.7 Å². The number of nitrogens with one attached hydrogen (secondary N) is 2. The number of rotatable bonds is 4. The van der Waals surface area contributed by atoms with E-state index in [0.717, 1.165) is 22.5 Å². The quantitative estimate of drug-likeness (QED) is 0.659. The molecule has 0 radical (unpaired) electrons. The Bertz CT molecular complexity index is 578. The number of aromatic nitrogens is 3. The molecular weight excluding hydrogens is 272 g/mol. The van der Waals surface area contributed by atoms with E-state index in [0.29, 0.717) is 13.1 Å². The standard InChI is InChI=1S/C13H20N6S/c1-9-10(2)20-12(18-9)8-17-13(14-3)16-7-11-15-5-6-19(11)4/h5-6H,7-8H2,1-4H3,(H2,14,16,17). The molecule has 2 aromatic heterocycles. The van der Waals surface area contributed by atoms with Crippen molar-refractivity contribution >= 4 is 17.3 Å². The van der Waals surface area contributed by atoms with Crippen molar-refractivity contribution in [1.82, 2.24) is 25.2 Å². The van der Waals surface area contributed by atoms with Crippen LogP contribution in [0.1, 0.15) is 21.4 Å². The lowest BCUT2D eigenvalue weighted by molar-refractivity contribution is 0.726. The summed E-state index contributed by atoms with van der Waals surface area (Å²) in [5.74, 6) is 1.72. The number of imidazole rings is 1. The first-order chi connectivity index (χ1) is 9.60. The van der Waals surface area contributed by atoms with Crippen molar-refractivity contribution < 1.29 is 0 Å². The first-order valence-corrected chi connectivity index (χ1v) is 7.25. The van der Waals surface area contributed by atoms with Gasteiger partial charge in [0.15, 0.2) is 5.96 Å². The summed E-state index contributed by atoms with van der Waals surface area (Å²) in [5.41, 5.74) is 1.10. The van der Waals surface area contributed by atoms with Gasteiger partial charge in [0.25, 0.3) is 0 Å². The largest absolute Gasteiger partial charge is 0.350 e. The molecule has 0 bridgehead atoms. The second kappa shape index (κ2) is 6.51. The number of guanidine groups is 1. The highest BCUT2D eigenvalue weighted by Gasteiger charge is 2.05. The molecule has 0 unspecified atom stereocenters. The van der Waals surface area contributed by atoms with Gasteiger partial charge in [-0.2, -0.15) is 0 Å². The number of thiazole rings is 1. The van der Waals surface area contributed by atoms with Crippen molar-refractivity contribution in [3.8, 4) is 0 Å². The zero-order valence-corrected chi connectivity index (χ0v) is 13.1. The summed E-state index contributed by atoms with van der Waals surface area (Å²) in [5, 5.41) is 7.56. The van der Waals surface area contributed by atoms with Gasteiger partial charge < -0.3 is 15.2 Å². The lowest BCUT2D eigenvalue weighted by Gasteiger charge is -2.10. The van der Waals surface area contributed by atoms with Crippen molar-refractivity contribution in [2.75, 3.05) is 7.05 Å². The highest BCUT2D eigenvalue weighted by molar-refractivity contribution is 7.11. The van der Waals surface area contributed by atoms with Crippen LogP contribution < -0.4 is 10.6 Å². The van der Waals surface area contributed by atoms with E-state index in [1.54, 1.807) is 24.6 Å². The van der Waals surface area contributed by atoms with E-state index >= 15 is 0 Å². The Morgan fingerprint density at radius 1 is 1.35 bits per heavy atom. The Balaban J connectivity index is 1.85. The minimum atomic E-state index is 0.638. The average Bonchev–Trinajstić information content (AvgIpc) is 2.97. The van der Waals surface area contributed by atoms with Gasteiger partial charge in [-0.3, -0.25) is 4.99 Å². The van der Waals surface area contributed by atoms with Gasteiger partial charge in [-0.1, -0.05) is 0 Å². The van der Waals surface area contributed by atoms with Crippen LogP contribution in [0.2, 0.25) is 0 Å². The molecule has 2 rings (SSSR count). The fourth-order valence-electron chi connectivity index (χ4n) is 1.72. The van der Waals surface area contributed by atoms with E-state index in [1.165, 1.54) is 4.88 Å². The lowest BCUT2D eigenvalue weighted by Crippen LogP contribution is -2.36. The Hall–Kier alpha value is -1.89. The molecule has 0 aromatic carbocycles. The molecule has 0 amide bonds. The molecule has 2 N–H and O–H groups in total. The van der Waals surface area contributed by atoms with Gasteiger partial charge in [-0.25, -0.2) is 9.97 Å². The second-order valence-electron chi connectivity index (χ2n) is 4.48. The summed E-state index contributed by atoms with van der Waals surface area (Å²) in [6, 6.07) is 0. The first kappa shape index (κ1) is 14.5. The zero-order valence-electron chi connectivity index (χ0n) is 12.3. The Morgan fingerprint density at radius 2 is 2.10 bits per heavy atom. The first-order valence-electron chi connectivity index (χ1n) is 6.43. The smallest absolute Gasteiger partial charge is 0.191 e. The van der Waals surface area contributed by atoms with Crippen molar-refractivity contribution in [2.24, 2.45) is 12.0 Å². The van der Waals surface area contributed by atoms with Crippen molar-refractivity contribution in [3.05, 3.63) is 33.8 Å². The third-order valence-corrected chi connectivity index (χ3v) is 4.11. The van der Waals surface area contributed by atoms with Gasteiger partial charge in [0, 0.05) is 31.4 Å². The van der Waals surface area contributed by atoms with Crippen LogP contribution in [-0.2, 0) is 20.1 Å². The molecule has 0 atom stereocenters. The van der Waals surface area contributed by atoms with E-state index in [4.69, 9.17) is 0 Å². The van der Waals surface area contributed by atoms with Crippen LogP contribution in [-0.4, -0.2) is 27.5 Å². The number of aryl methyl sites for hydroxylation is 3. The Labute approximate surface area is 123 Å². The van der Waals surface area contributed by atoms with Gasteiger partial charge in [-0.15, -0.1) is 11.3 Å². The number of hydrogen-bond acceptors (Lipinski definition) is 4. The highest BCUT2D eigenvalue weighted by Crippen LogP contribution is 2.15. The Kier molecular flexibility index (Phi) is 4.73. The third-order valence-electron chi connectivity index (χ3n) is 3.04. The van der Waals surface area contributed by atoms with E-state index < -0.39 is 0 Å². The van der Waals surface area contributed by atoms with Crippen LogP contribution in [0.25, 0.3) is 0 Å². The van der Waals surface area contributed by atoms with Gasteiger partial charge >= 0.3 is 0 Å². The molecule has 0 aliphatic rings. The third kappa shape index (κ3) is 3.57. The highest BCUT2D eigenvalue weighted by atomic mass is 32.1. The summed E-state index contributed by atoms with van der Waals surface area (Å²) in [4.78, 5) is 14.2. The average molecular weight is 292 g/mol. The minimum absolute atomic E-state index is 0.638. The van der Waals surface area contributed by atoms with Crippen molar-refractivity contribution in [1.29, 1.82) is 0 Å². The number of aliphatic imine (C=N–C) groups is 1.